The highest BCUT2D eigenvalue weighted by molar-refractivity contribution is 5.89. The zero-order chi connectivity index (χ0) is 13.2. The molecule has 1 aromatic rings. The predicted molar refractivity (Wildman–Crippen MR) is 62.1 cm³/mol. The van der Waals surface area contributed by atoms with Gasteiger partial charge in [0, 0.05) is 5.69 Å². The van der Waals surface area contributed by atoms with E-state index in [1.54, 1.807) is 13.8 Å². The molecule has 0 amide bonds. The maximum atomic E-state index is 11.4. The highest BCUT2D eigenvalue weighted by atomic mass is 16.5. The predicted octanol–water partition coefficient (Wildman–Crippen LogP) is 1.68. The number of carboxylic acid groups (broad SMARTS) is 1. The number of methoxy groups -OCH3 is 1. The van der Waals surface area contributed by atoms with Gasteiger partial charge in [0.05, 0.1) is 13.0 Å². The van der Waals surface area contributed by atoms with Crippen LogP contribution < -0.4 is 0 Å². The van der Waals surface area contributed by atoms with E-state index in [2.05, 4.69) is 9.72 Å². The van der Waals surface area contributed by atoms with E-state index in [1.165, 1.54) is 7.11 Å². The van der Waals surface area contributed by atoms with Crippen molar-refractivity contribution in [2.75, 3.05) is 7.11 Å². The second-order valence-electron chi connectivity index (χ2n) is 4.16. The minimum atomic E-state index is -0.843. The number of H-pyrrole nitrogens is 1. The summed E-state index contributed by atoms with van der Waals surface area (Å²) in [4.78, 5) is 25.2. The van der Waals surface area contributed by atoms with Gasteiger partial charge in [-0.2, -0.15) is 0 Å². The van der Waals surface area contributed by atoms with Gasteiger partial charge in [-0.1, -0.05) is 6.92 Å². The van der Waals surface area contributed by atoms with Crippen molar-refractivity contribution in [3.8, 4) is 0 Å². The van der Waals surface area contributed by atoms with Gasteiger partial charge in [0.1, 0.15) is 5.69 Å². The van der Waals surface area contributed by atoms with Gasteiger partial charge in [-0.15, -0.1) is 0 Å². The van der Waals surface area contributed by atoms with Crippen LogP contribution in [0.5, 0.6) is 0 Å². The topological polar surface area (TPSA) is 79.4 Å². The zero-order valence-corrected chi connectivity index (χ0v) is 10.5. The van der Waals surface area contributed by atoms with Crippen LogP contribution >= 0.6 is 0 Å². The van der Waals surface area contributed by atoms with Crippen molar-refractivity contribution in [1.29, 1.82) is 0 Å². The Morgan fingerprint density at radius 1 is 1.41 bits per heavy atom. The number of carboxylic acids is 1. The third-order valence-corrected chi connectivity index (χ3v) is 2.91. The summed E-state index contributed by atoms with van der Waals surface area (Å²) >= 11 is 0. The molecule has 5 heteroatoms. The molecule has 2 N–H and O–H groups in total. The maximum Gasteiger partial charge on any atom is 0.354 e. The fourth-order valence-corrected chi connectivity index (χ4v) is 1.79. The average Bonchev–Trinajstić information content (AvgIpc) is 2.55. The van der Waals surface area contributed by atoms with Gasteiger partial charge in [-0.25, -0.2) is 4.79 Å². The van der Waals surface area contributed by atoms with E-state index in [0.29, 0.717) is 12.1 Å². The number of rotatable bonds is 4. The molecule has 1 heterocycles. The van der Waals surface area contributed by atoms with E-state index in [9.17, 15) is 9.59 Å². The Labute approximate surface area is 99.8 Å². The van der Waals surface area contributed by atoms with Crippen LogP contribution in [0.25, 0.3) is 0 Å². The third kappa shape index (κ3) is 2.67. The number of aliphatic carboxylic acids is 1. The maximum absolute atomic E-state index is 11.4. The lowest BCUT2D eigenvalue weighted by molar-refractivity contribution is -0.141. The molecule has 0 aliphatic carbocycles. The third-order valence-electron chi connectivity index (χ3n) is 2.91. The zero-order valence-electron chi connectivity index (χ0n) is 10.5. The average molecular weight is 239 g/mol. The Morgan fingerprint density at radius 2 is 2.00 bits per heavy atom. The molecule has 0 unspecified atom stereocenters. The van der Waals surface area contributed by atoms with Crippen molar-refractivity contribution in [1.82, 2.24) is 4.98 Å². The van der Waals surface area contributed by atoms with E-state index < -0.39 is 17.9 Å². The second kappa shape index (κ2) is 5.03. The van der Waals surface area contributed by atoms with Crippen LogP contribution in [-0.2, 0) is 16.0 Å². The summed E-state index contributed by atoms with van der Waals surface area (Å²) in [7, 11) is 1.32. The molecule has 0 saturated heterocycles. The van der Waals surface area contributed by atoms with E-state index in [1.807, 2.05) is 6.92 Å². The first kappa shape index (κ1) is 13.3. The number of aromatic amines is 1. The molecule has 0 radical (unpaired) electrons. The Balaban J connectivity index is 3.05. The molecule has 0 spiro atoms. The van der Waals surface area contributed by atoms with Crippen LogP contribution in [0.4, 0.5) is 0 Å². The van der Waals surface area contributed by atoms with Gasteiger partial charge in [0.2, 0.25) is 0 Å². The first-order valence-corrected chi connectivity index (χ1v) is 5.37. The van der Waals surface area contributed by atoms with E-state index in [4.69, 9.17) is 5.11 Å². The first-order valence-electron chi connectivity index (χ1n) is 5.37. The molecule has 1 atom stereocenters. The Morgan fingerprint density at radius 3 is 2.47 bits per heavy atom. The molecule has 0 aliphatic heterocycles. The van der Waals surface area contributed by atoms with Crippen LogP contribution in [0.1, 0.15) is 34.2 Å². The quantitative estimate of drug-likeness (QED) is 0.783. The SMILES string of the molecule is COC(=O)c1[nH]c(C)c(C[C@@H](C)C(=O)O)c1C. The molecule has 5 nitrogen and oxygen atoms in total. The lowest BCUT2D eigenvalue weighted by atomic mass is 9.98. The molecular weight excluding hydrogens is 222 g/mol. The number of carbonyl (C=O) groups is 2. The minimum absolute atomic E-state index is 0.401. The summed E-state index contributed by atoms with van der Waals surface area (Å²) in [6, 6.07) is 0. The Hall–Kier alpha value is -1.78. The van der Waals surface area contributed by atoms with Crippen molar-refractivity contribution in [2.45, 2.75) is 27.2 Å². The normalized spacial score (nSPS) is 12.2. The molecule has 94 valence electrons. The van der Waals surface area contributed by atoms with E-state index in [0.717, 1.165) is 16.8 Å². The number of nitrogens with one attached hydrogen (secondary N) is 1. The number of esters is 1. The molecule has 0 aromatic carbocycles. The van der Waals surface area contributed by atoms with E-state index in [-0.39, 0.29) is 0 Å². The summed E-state index contributed by atoms with van der Waals surface area (Å²) in [5, 5.41) is 8.89. The van der Waals surface area contributed by atoms with E-state index >= 15 is 0 Å². The lowest BCUT2D eigenvalue weighted by Crippen LogP contribution is -2.13. The Bertz CT molecular complexity index is 448. The molecule has 17 heavy (non-hydrogen) atoms. The molecular formula is C12H17NO4. The summed E-state index contributed by atoms with van der Waals surface area (Å²) in [6.07, 6.45) is 0.403. The van der Waals surface area contributed by atoms with Gasteiger partial charge in [-0.3, -0.25) is 4.79 Å². The largest absolute Gasteiger partial charge is 0.481 e. The monoisotopic (exact) mass is 239 g/mol. The molecule has 0 saturated carbocycles. The number of aromatic nitrogens is 1. The van der Waals surface area contributed by atoms with Gasteiger partial charge < -0.3 is 14.8 Å². The van der Waals surface area contributed by atoms with Crippen molar-refractivity contribution in [3.63, 3.8) is 0 Å². The minimum Gasteiger partial charge on any atom is -0.481 e. The van der Waals surface area contributed by atoms with Crippen LogP contribution in [0, 0.1) is 19.8 Å². The highest BCUT2D eigenvalue weighted by Gasteiger charge is 2.21. The molecule has 0 aliphatic rings. The molecule has 1 aromatic heterocycles. The van der Waals surface area contributed by atoms with Crippen molar-refractivity contribution in [3.05, 3.63) is 22.5 Å². The summed E-state index contributed by atoms with van der Waals surface area (Å²) < 4.78 is 4.65. The molecule has 1 rings (SSSR count). The van der Waals surface area contributed by atoms with Crippen LogP contribution in [0.3, 0.4) is 0 Å². The number of carbonyl (C=O) groups excluding carboxylic acids is 1. The number of hydrogen-bond donors (Lipinski definition) is 2. The summed E-state index contributed by atoms with van der Waals surface area (Å²) in [5.41, 5.74) is 2.86. The summed E-state index contributed by atoms with van der Waals surface area (Å²) in [5.74, 6) is -1.75. The van der Waals surface area contributed by atoms with Gasteiger partial charge in [0.15, 0.2) is 0 Å². The molecule has 0 fully saturated rings. The van der Waals surface area contributed by atoms with Crippen LogP contribution in [-0.4, -0.2) is 29.1 Å². The number of hydrogen-bond acceptors (Lipinski definition) is 3. The van der Waals surface area contributed by atoms with Crippen LogP contribution in [0.2, 0.25) is 0 Å². The summed E-state index contributed by atoms with van der Waals surface area (Å²) in [6.45, 7) is 5.26. The number of aryl methyl sites for hydroxylation is 1. The van der Waals surface area contributed by atoms with Crippen molar-refractivity contribution in [2.24, 2.45) is 5.92 Å². The lowest BCUT2D eigenvalue weighted by Gasteiger charge is -2.07. The fraction of sp³-hybridized carbons (Fsp3) is 0.500. The smallest absolute Gasteiger partial charge is 0.354 e. The van der Waals surface area contributed by atoms with Crippen LogP contribution in [0.15, 0.2) is 0 Å². The standard InChI is InChI=1S/C12H17NO4/c1-6(11(14)15)5-9-7(2)10(12(16)17-4)13-8(9)3/h6,13H,5H2,1-4H3,(H,14,15)/t6-/m1/s1. The van der Waals surface area contributed by atoms with Gasteiger partial charge >= 0.3 is 11.9 Å². The Kier molecular flexibility index (Phi) is 3.93. The first-order chi connectivity index (χ1) is 7.88. The van der Waals surface area contributed by atoms with Crippen molar-refractivity contribution < 1.29 is 19.4 Å². The second-order valence-corrected chi connectivity index (χ2v) is 4.16. The highest BCUT2D eigenvalue weighted by Crippen LogP contribution is 2.21. The van der Waals surface area contributed by atoms with Crippen molar-refractivity contribution >= 4 is 11.9 Å². The van der Waals surface area contributed by atoms with Gasteiger partial charge in [0.25, 0.3) is 0 Å². The van der Waals surface area contributed by atoms with Gasteiger partial charge in [-0.05, 0) is 31.4 Å². The fourth-order valence-electron chi connectivity index (χ4n) is 1.79. The number of ether oxygens (including phenoxy) is 1. The molecule has 0 bridgehead atoms.